The van der Waals surface area contributed by atoms with Crippen molar-refractivity contribution in [2.75, 3.05) is 7.11 Å². The average molecular weight is 304 g/mol. The summed E-state index contributed by atoms with van der Waals surface area (Å²) < 4.78 is 59.0. The number of rotatable bonds is 2. The molecule has 0 aliphatic heterocycles. The third-order valence-electron chi connectivity index (χ3n) is 2.72. The summed E-state index contributed by atoms with van der Waals surface area (Å²) in [6, 6.07) is 2.47. The molecule has 0 bridgehead atoms. The summed E-state index contributed by atoms with van der Waals surface area (Å²) in [4.78, 5) is 11.2. The topological polar surface area (TPSA) is 26.3 Å². The van der Waals surface area contributed by atoms with Crippen LogP contribution in [0.3, 0.4) is 0 Å². The van der Waals surface area contributed by atoms with Crippen LogP contribution < -0.4 is 0 Å². The molecule has 1 aromatic heterocycles. The van der Waals surface area contributed by atoms with E-state index in [1.807, 2.05) is 0 Å². The lowest BCUT2D eigenvalue weighted by Gasteiger charge is -2.07. The molecular formula is C13H8F4O2S. The zero-order valence-electron chi connectivity index (χ0n) is 10.4. The van der Waals surface area contributed by atoms with E-state index in [-0.39, 0.29) is 9.75 Å². The van der Waals surface area contributed by atoms with Gasteiger partial charge in [-0.2, -0.15) is 0 Å². The molecule has 7 heteroatoms. The van der Waals surface area contributed by atoms with Gasteiger partial charge in [-0.15, -0.1) is 11.3 Å². The van der Waals surface area contributed by atoms with Gasteiger partial charge in [0.05, 0.1) is 12.7 Å². The van der Waals surface area contributed by atoms with Crippen LogP contribution in [0.15, 0.2) is 12.1 Å². The lowest BCUT2D eigenvalue weighted by Crippen LogP contribution is -2.02. The van der Waals surface area contributed by atoms with E-state index in [1.54, 1.807) is 0 Å². The first-order valence-electron chi connectivity index (χ1n) is 5.39. The minimum Gasteiger partial charge on any atom is -0.465 e. The highest BCUT2D eigenvalue weighted by molar-refractivity contribution is 7.17. The van der Waals surface area contributed by atoms with E-state index < -0.39 is 40.4 Å². The van der Waals surface area contributed by atoms with Crippen molar-refractivity contribution in [3.63, 3.8) is 0 Å². The van der Waals surface area contributed by atoms with Gasteiger partial charge >= 0.3 is 5.97 Å². The van der Waals surface area contributed by atoms with E-state index in [0.29, 0.717) is 11.3 Å². The minimum atomic E-state index is -1.49. The smallest absolute Gasteiger partial charge is 0.348 e. The van der Waals surface area contributed by atoms with Crippen LogP contribution in [0.1, 0.15) is 15.2 Å². The number of carbonyl (C=O) groups excluding carboxylic acids is 1. The number of hydrogen-bond donors (Lipinski definition) is 0. The van der Waals surface area contributed by atoms with E-state index >= 15 is 0 Å². The van der Waals surface area contributed by atoms with Gasteiger partial charge in [0.15, 0.2) is 23.3 Å². The fourth-order valence-electron chi connectivity index (χ4n) is 1.64. The third-order valence-corrected chi connectivity index (χ3v) is 3.80. The van der Waals surface area contributed by atoms with E-state index in [1.165, 1.54) is 12.1 Å². The van der Waals surface area contributed by atoms with Crippen molar-refractivity contribution in [3.8, 4) is 10.4 Å². The summed E-state index contributed by atoms with van der Waals surface area (Å²) in [7, 11) is 1.15. The number of thiophene rings is 1. The Morgan fingerprint density at radius 2 is 1.60 bits per heavy atom. The van der Waals surface area contributed by atoms with Crippen molar-refractivity contribution in [3.05, 3.63) is 45.8 Å². The van der Waals surface area contributed by atoms with E-state index in [2.05, 4.69) is 4.74 Å². The molecule has 0 saturated heterocycles. The van der Waals surface area contributed by atoms with E-state index in [4.69, 9.17) is 0 Å². The lowest BCUT2D eigenvalue weighted by molar-refractivity contribution is 0.0606. The minimum absolute atomic E-state index is 0.0719. The van der Waals surface area contributed by atoms with Crippen molar-refractivity contribution in [2.45, 2.75) is 6.92 Å². The number of methoxy groups -OCH3 is 1. The second-order valence-electron chi connectivity index (χ2n) is 3.91. The first-order valence-corrected chi connectivity index (χ1v) is 6.21. The van der Waals surface area contributed by atoms with Gasteiger partial charge in [0.1, 0.15) is 4.88 Å². The normalized spacial score (nSPS) is 10.7. The van der Waals surface area contributed by atoms with Crippen LogP contribution in [-0.4, -0.2) is 13.1 Å². The molecule has 0 fully saturated rings. The molecule has 0 unspecified atom stereocenters. The number of benzene rings is 1. The number of carbonyl (C=O) groups is 1. The Labute approximate surface area is 115 Å². The summed E-state index contributed by atoms with van der Waals surface area (Å²) in [5.41, 5.74) is -1.56. The quantitative estimate of drug-likeness (QED) is 0.475. The van der Waals surface area contributed by atoms with Gasteiger partial charge in [0.2, 0.25) is 0 Å². The van der Waals surface area contributed by atoms with Gasteiger partial charge in [0, 0.05) is 10.4 Å². The summed E-state index contributed by atoms with van der Waals surface area (Å²) >= 11 is 0.682. The van der Waals surface area contributed by atoms with Crippen molar-refractivity contribution in [1.82, 2.24) is 0 Å². The predicted octanol–water partition coefficient (Wildman–Crippen LogP) is 4.07. The summed E-state index contributed by atoms with van der Waals surface area (Å²) in [6.07, 6.45) is 0. The van der Waals surface area contributed by atoms with E-state index in [9.17, 15) is 22.4 Å². The van der Waals surface area contributed by atoms with Gasteiger partial charge in [-0.25, -0.2) is 22.4 Å². The molecule has 20 heavy (non-hydrogen) atoms. The molecule has 0 spiro atoms. The summed E-state index contributed by atoms with van der Waals surface area (Å²) in [5, 5.41) is 0. The highest BCUT2D eigenvalue weighted by atomic mass is 32.1. The van der Waals surface area contributed by atoms with Gasteiger partial charge < -0.3 is 4.74 Å². The maximum atomic E-state index is 13.8. The van der Waals surface area contributed by atoms with Crippen molar-refractivity contribution in [2.24, 2.45) is 0 Å². The van der Waals surface area contributed by atoms with E-state index in [0.717, 1.165) is 14.0 Å². The molecule has 1 aromatic carbocycles. The molecule has 1 heterocycles. The lowest BCUT2D eigenvalue weighted by atomic mass is 10.1. The fourth-order valence-corrected chi connectivity index (χ4v) is 2.60. The first-order chi connectivity index (χ1) is 9.38. The number of esters is 1. The van der Waals surface area contributed by atoms with Crippen LogP contribution in [-0.2, 0) is 4.74 Å². The number of halogens is 4. The van der Waals surface area contributed by atoms with Crippen LogP contribution in [0.4, 0.5) is 17.6 Å². The SMILES string of the molecule is COC(=O)c1ccc(-c2c(F)c(F)c(C)c(F)c2F)s1. The molecule has 0 aliphatic rings. The molecular weight excluding hydrogens is 296 g/mol. The second-order valence-corrected chi connectivity index (χ2v) is 5.00. The van der Waals surface area contributed by atoms with Crippen LogP contribution in [0.5, 0.6) is 0 Å². The maximum absolute atomic E-state index is 13.8. The van der Waals surface area contributed by atoms with Gasteiger partial charge in [-0.1, -0.05) is 0 Å². The average Bonchev–Trinajstić information content (AvgIpc) is 2.92. The molecule has 0 radical (unpaired) electrons. The molecule has 2 nitrogen and oxygen atoms in total. The largest absolute Gasteiger partial charge is 0.465 e. The zero-order chi connectivity index (χ0) is 15.0. The van der Waals surface area contributed by atoms with Crippen LogP contribution in [0.25, 0.3) is 10.4 Å². The molecule has 0 N–H and O–H groups in total. The maximum Gasteiger partial charge on any atom is 0.348 e. The number of ether oxygens (including phenoxy) is 1. The Kier molecular flexibility index (Phi) is 3.80. The molecule has 2 aromatic rings. The molecule has 0 aliphatic carbocycles. The Balaban J connectivity index is 2.64. The Hall–Kier alpha value is -1.89. The Bertz CT molecular complexity index is 665. The molecule has 106 valence electrons. The van der Waals surface area contributed by atoms with Crippen molar-refractivity contribution >= 4 is 17.3 Å². The van der Waals surface area contributed by atoms with Crippen LogP contribution in [0.2, 0.25) is 0 Å². The zero-order valence-corrected chi connectivity index (χ0v) is 11.2. The van der Waals surface area contributed by atoms with Gasteiger partial charge in [0.25, 0.3) is 0 Å². The Morgan fingerprint density at radius 3 is 2.10 bits per heavy atom. The van der Waals surface area contributed by atoms with Gasteiger partial charge in [-0.3, -0.25) is 0 Å². The third kappa shape index (κ3) is 2.18. The number of hydrogen-bond acceptors (Lipinski definition) is 3. The van der Waals surface area contributed by atoms with Gasteiger partial charge in [-0.05, 0) is 19.1 Å². The first kappa shape index (κ1) is 14.5. The molecule has 0 atom stereocenters. The fraction of sp³-hybridized carbons (Fsp3) is 0.154. The van der Waals surface area contributed by atoms with Crippen LogP contribution >= 0.6 is 11.3 Å². The second kappa shape index (κ2) is 5.24. The summed E-state index contributed by atoms with van der Waals surface area (Å²) in [6.45, 7) is 0.939. The standard InChI is InChI=1S/C13H8F4O2S/c1-5-9(14)11(16)8(12(17)10(5)15)6-3-4-7(20-6)13(18)19-2/h3-4H,1-2H3. The molecule has 2 rings (SSSR count). The van der Waals surface area contributed by atoms with Crippen LogP contribution in [0, 0.1) is 30.2 Å². The molecule has 0 saturated carbocycles. The van der Waals surface area contributed by atoms with Crippen molar-refractivity contribution in [1.29, 1.82) is 0 Å². The highest BCUT2D eigenvalue weighted by Crippen LogP contribution is 2.36. The predicted molar refractivity (Wildman–Crippen MR) is 65.7 cm³/mol. The monoisotopic (exact) mass is 304 g/mol. The molecule has 0 amide bonds. The highest BCUT2D eigenvalue weighted by Gasteiger charge is 2.25. The Morgan fingerprint density at radius 1 is 1.05 bits per heavy atom. The van der Waals surface area contributed by atoms with Crippen molar-refractivity contribution < 1.29 is 27.1 Å². The summed E-state index contributed by atoms with van der Waals surface area (Å²) in [5.74, 6) is -6.58.